The van der Waals surface area contributed by atoms with E-state index in [1.807, 2.05) is 26.8 Å². The van der Waals surface area contributed by atoms with Crippen LogP contribution in [0.5, 0.6) is 0 Å². The zero-order chi connectivity index (χ0) is 15.2. The lowest BCUT2D eigenvalue weighted by Crippen LogP contribution is -2.35. The Morgan fingerprint density at radius 1 is 1.50 bits per heavy atom. The number of carbonyl (C=O) groups excluding carboxylic acids is 1. The molecule has 0 aliphatic rings. The molecule has 2 N–H and O–H groups in total. The fourth-order valence-electron chi connectivity index (χ4n) is 1.60. The minimum Gasteiger partial charge on any atom is -0.444 e. The predicted octanol–water partition coefficient (Wildman–Crippen LogP) is 2.71. The van der Waals surface area contributed by atoms with Crippen LogP contribution in [-0.2, 0) is 4.74 Å². The molecule has 0 bridgehead atoms. The number of amides is 1. The number of carbonyl (C=O) groups is 1. The van der Waals surface area contributed by atoms with E-state index in [0.29, 0.717) is 6.42 Å². The summed E-state index contributed by atoms with van der Waals surface area (Å²) in [5.41, 5.74) is 1.15. The second-order valence-corrected chi connectivity index (χ2v) is 5.36. The molecular weight excluding hydrogens is 254 g/mol. The van der Waals surface area contributed by atoms with E-state index in [1.165, 1.54) is 0 Å². The fourth-order valence-corrected chi connectivity index (χ4v) is 1.60. The third kappa shape index (κ3) is 5.19. The molecule has 0 unspecified atom stereocenters. The molecule has 0 saturated carbocycles. The Morgan fingerprint density at radius 3 is 2.75 bits per heavy atom. The minimum absolute atomic E-state index is 0.323. The third-order valence-corrected chi connectivity index (χ3v) is 2.46. The van der Waals surface area contributed by atoms with Crippen molar-refractivity contribution in [2.45, 2.75) is 38.8 Å². The standard InChI is InChI=1S/C15H21N3O2/c1-6-7-13(18-14(19)20-15(2,3)4)11-8-12(16-5)10-17-9-11/h1,8-10,13,16H,7H2,2-5H3,(H,18,19)/t13-/m0/s1. The van der Waals surface area contributed by atoms with Crippen LogP contribution in [0.1, 0.15) is 38.8 Å². The van der Waals surface area contributed by atoms with Crippen LogP contribution in [0.2, 0.25) is 0 Å². The van der Waals surface area contributed by atoms with Crippen LogP contribution >= 0.6 is 0 Å². The number of hydrogen-bond acceptors (Lipinski definition) is 4. The summed E-state index contributed by atoms with van der Waals surface area (Å²) in [6.45, 7) is 5.43. The van der Waals surface area contributed by atoms with Gasteiger partial charge in [0.25, 0.3) is 0 Å². The van der Waals surface area contributed by atoms with Crippen LogP contribution in [0, 0.1) is 12.3 Å². The molecule has 0 fully saturated rings. The number of nitrogens with zero attached hydrogens (tertiary/aromatic N) is 1. The first-order chi connectivity index (χ1) is 9.35. The molecule has 1 amide bonds. The van der Waals surface area contributed by atoms with Crippen molar-refractivity contribution in [3.8, 4) is 12.3 Å². The normalized spacial score (nSPS) is 12.2. The van der Waals surface area contributed by atoms with Crippen molar-refractivity contribution in [3.05, 3.63) is 24.0 Å². The summed E-state index contributed by atoms with van der Waals surface area (Å²) in [4.78, 5) is 16.0. The van der Waals surface area contributed by atoms with E-state index in [9.17, 15) is 4.79 Å². The van der Waals surface area contributed by atoms with Gasteiger partial charge in [0.15, 0.2) is 0 Å². The van der Waals surface area contributed by atoms with Crippen LogP contribution in [0.3, 0.4) is 0 Å². The summed E-state index contributed by atoms with van der Waals surface area (Å²) in [6.07, 6.45) is 8.62. The molecule has 1 aromatic heterocycles. The monoisotopic (exact) mass is 275 g/mol. The zero-order valence-corrected chi connectivity index (χ0v) is 12.4. The number of alkyl carbamates (subject to hydrolysis) is 1. The Morgan fingerprint density at radius 2 is 2.20 bits per heavy atom. The van der Waals surface area contributed by atoms with Gasteiger partial charge in [-0.2, -0.15) is 0 Å². The van der Waals surface area contributed by atoms with Crippen LogP contribution in [0.15, 0.2) is 18.5 Å². The van der Waals surface area contributed by atoms with Gasteiger partial charge in [0.1, 0.15) is 5.60 Å². The highest BCUT2D eigenvalue weighted by molar-refractivity contribution is 5.68. The van der Waals surface area contributed by atoms with Crippen LogP contribution in [-0.4, -0.2) is 23.7 Å². The lowest BCUT2D eigenvalue weighted by molar-refractivity contribution is 0.0504. The van der Waals surface area contributed by atoms with Gasteiger partial charge in [0.05, 0.1) is 11.7 Å². The van der Waals surface area contributed by atoms with E-state index in [4.69, 9.17) is 11.2 Å². The van der Waals surface area contributed by atoms with Crippen molar-refractivity contribution in [3.63, 3.8) is 0 Å². The lowest BCUT2D eigenvalue weighted by atomic mass is 10.1. The summed E-state index contributed by atoms with van der Waals surface area (Å²) < 4.78 is 5.24. The third-order valence-electron chi connectivity index (χ3n) is 2.46. The first-order valence-electron chi connectivity index (χ1n) is 6.41. The molecule has 0 radical (unpaired) electrons. The van der Waals surface area contributed by atoms with Crippen LogP contribution in [0.4, 0.5) is 10.5 Å². The Labute approximate surface area is 120 Å². The summed E-state index contributed by atoms with van der Waals surface area (Å²) >= 11 is 0. The molecule has 0 saturated heterocycles. The quantitative estimate of drug-likeness (QED) is 0.829. The number of terminal acetylenes is 1. The van der Waals surface area contributed by atoms with E-state index >= 15 is 0 Å². The molecule has 1 heterocycles. The van der Waals surface area contributed by atoms with Crippen LogP contribution in [0.25, 0.3) is 0 Å². The topological polar surface area (TPSA) is 63.2 Å². The van der Waals surface area contributed by atoms with E-state index in [-0.39, 0.29) is 6.04 Å². The smallest absolute Gasteiger partial charge is 0.408 e. The maximum atomic E-state index is 11.8. The van der Waals surface area contributed by atoms with Crippen molar-refractivity contribution in [2.75, 3.05) is 12.4 Å². The molecule has 5 nitrogen and oxygen atoms in total. The van der Waals surface area contributed by atoms with Crippen molar-refractivity contribution in [2.24, 2.45) is 0 Å². The minimum atomic E-state index is -0.546. The second kappa shape index (κ2) is 6.80. The molecule has 0 aliphatic carbocycles. The van der Waals surface area contributed by atoms with Gasteiger partial charge in [-0.1, -0.05) is 0 Å². The zero-order valence-electron chi connectivity index (χ0n) is 12.4. The summed E-state index contributed by atoms with van der Waals surface area (Å²) in [5, 5.41) is 5.77. The van der Waals surface area contributed by atoms with Gasteiger partial charge in [0, 0.05) is 25.9 Å². The number of anilines is 1. The average molecular weight is 275 g/mol. The molecule has 0 aromatic carbocycles. The van der Waals surface area contributed by atoms with Gasteiger partial charge < -0.3 is 15.4 Å². The maximum absolute atomic E-state index is 11.8. The van der Waals surface area contributed by atoms with E-state index in [0.717, 1.165) is 11.3 Å². The molecule has 0 aliphatic heterocycles. The van der Waals surface area contributed by atoms with Crippen molar-refractivity contribution in [1.82, 2.24) is 10.3 Å². The predicted molar refractivity (Wildman–Crippen MR) is 79.3 cm³/mol. The first-order valence-corrected chi connectivity index (χ1v) is 6.41. The van der Waals surface area contributed by atoms with Gasteiger partial charge in [-0.15, -0.1) is 12.3 Å². The Bertz CT molecular complexity index is 501. The number of hydrogen-bond donors (Lipinski definition) is 2. The van der Waals surface area contributed by atoms with E-state index < -0.39 is 11.7 Å². The number of nitrogens with one attached hydrogen (secondary N) is 2. The van der Waals surface area contributed by atoms with Gasteiger partial charge in [-0.3, -0.25) is 4.98 Å². The number of ether oxygens (including phenoxy) is 1. The SMILES string of the molecule is C#CC[C@H](NC(=O)OC(C)(C)C)c1cncc(NC)c1. The highest BCUT2D eigenvalue weighted by Crippen LogP contribution is 2.19. The fraction of sp³-hybridized carbons (Fsp3) is 0.467. The van der Waals surface area contributed by atoms with Gasteiger partial charge >= 0.3 is 6.09 Å². The number of pyridine rings is 1. The second-order valence-electron chi connectivity index (χ2n) is 5.36. The molecule has 5 heteroatoms. The lowest BCUT2D eigenvalue weighted by Gasteiger charge is -2.23. The number of rotatable bonds is 4. The summed E-state index contributed by atoms with van der Waals surface area (Å²) in [5.74, 6) is 2.55. The molecule has 108 valence electrons. The van der Waals surface area contributed by atoms with Gasteiger partial charge in [-0.25, -0.2) is 4.79 Å². The Hall–Kier alpha value is -2.22. The maximum Gasteiger partial charge on any atom is 0.408 e. The van der Waals surface area contributed by atoms with Crippen LogP contribution < -0.4 is 10.6 Å². The average Bonchev–Trinajstić information content (AvgIpc) is 2.36. The van der Waals surface area contributed by atoms with E-state index in [1.54, 1.807) is 19.4 Å². The van der Waals surface area contributed by atoms with E-state index in [2.05, 4.69) is 21.5 Å². The first kappa shape index (κ1) is 15.8. The number of aromatic nitrogens is 1. The summed E-state index contributed by atoms with van der Waals surface area (Å²) in [6, 6.07) is 1.57. The van der Waals surface area contributed by atoms with Gasteiger partial charge in [0.2, 0.25) is 0 Å². The molecule has 1 atom stereocenters. The van der Waals surface area contributed by atoms with Crippen molar-refractivity contribution in [1.29, 1.82) is 0 Å². The van der Waals surface area contributed by atoms with Crippen molar-refractivity contribution < 1.29 is 9.53 Å². The molecule has 1 rings (SSSR count). The highest BCUT2D eigenvalue weighted by atomic mass is 16.6. The van der Waals surface area contributed by atoms with Crippen molar-refractivity contribution >= 4 is 11.8 Å². The molecule has 1 aromatic rings. The Kier molecular flexibility index (Phi) is 5.39. The molecule has 20 heavy (non-hydrogen) atoms. The summed E-state index contributed by atoms with van der Waals surface area (Å²) in [7, 11) is 1.80. The largest absolute Gasteiger partial charge is 0.444 e. The highest BCUT2D eigenvalue weighted by Gasteiger charge is 2.20. The van der Waals surface area contributed by atoms with Gasteiger partial charge in [-0.05, 0) is 32.4 Å². The Balaban J connectivity index is 2.83. The molecule has 0 spiro atoms. The molecular formula is C15H21N3O2.